The molecule has 9 nitrogen and oxygen atoms in total. The zero-order valence-electron chi connectivity index (χ0n) is 19.1. The average molecular weight is 563 g/mol. The number of thiophene rings is 1. The minimum absolute atomic E-state index is 0.0678. The lowest BCUT2D eigenvalue weighted by atomic mass is 10.1. The first kappa shape index (κ1) is 25.1. The highest BCUT2D eigenvalue weighted by Gasteiger charge is 2.21. The Bertz CT molecular complexity index is 1700. The number of nitrogens with one attached hydrogen (secondary N) is 2. The van der Waals surface area contributed by atoms with Gasteiger partial charge in [-0.3, -0.25) is 4.79 Å². The predicted octanol–water partition coefficient (Wildman–Crippen LogP) is 4.66. The van der Waals surface area contributed by atoms with Crippen molar-refractivity contribution < 1.29 is 22.7 Å². The summed E-state index contributed by atoms with van der Waals surface area (Å²) in [6.07, 6.45) is 2.19. The summed E-state index contributed by atoms with van der Waals surface area (Å²) in [4.78, 5) is 27.3. The topological polar surface area (TPSA) is 121 Å². The summed E-state index contributed by atoms with van der Waals surface area (Å²) in [6.45, 7) is 1.85. The van der Waals surface area contributed by atoms with Crippen LogP contribution in [0.3, 0.4) is 0 Å². The maximum Gasteiger partial charge on any atom is 0.333 e. The van der Waals surface area contributed by atoms with Gasteiger partial charge in [0.05, 0.1) is 10.0 Å². The minimum atomic E-state index is -4.16. The standard InChI is InChI=1S/C24H20ClFN4O5S2/c25-20-7-8-22(36-20)37(34,35)28-24(33)27-15-3-6-19(18(26)13-15)30-21(31)12-14-11-16(29-9-1-2-10-29)4-5-17(14)23(30)32/h3-8,11-13,32H,1-2,9-10H2,(H2,27,28,33). The van der Waals surface area contributed by atoms with Crippen molar-refractivity contribution in [2.75, 3.05) is 23.3 Å². The molecule has 0 radical (unpaired) electrons. The average Bonchev–Trinajstić information content (AvgIpc) is 3.52. The molecule has 3 N–H and O–H groups in total. The Hall–Kier alpha value is -3.61. The van der Waals surface area contributed by atoms with Crippen LogP contribution in [0.15, 0.2) is 63.6 Å². The van der Waals surface area contributed by atoms with Crippen molar-refractivity contribution in [3.63, 3.8) is 0 Å². The predicted molar refractivity (Wildman–Crippen MR) is 141 cm³/mol. The van der Waals surface area contributed by atoms with Crippen molar-refractivity contribution in [3.05, 3.63) is 75.1 Å². The Morgan fingerprint density at radius 1 is 1.05 bits per heavy atom. The second-order valence-corrected chi connectivity index (χ2v) is 12.0. The molecule has 37 heavy (non-hydrogen) atoms. The number of anilines is 2. The van der Waals surface area contributed by atoms with Crippen LogP contribution in [0.2, 0.25) is 4.34 Å². The molecule has 2 amide bonds. The number of aromatic hydroxyl groups is 1. The van der Waals surface area contributed by atoms with E-state index in [1.165, 1.54) is 30.3 Å². The van der Waals surface area contributed by atoms with Gasteiger partial charge in [-0.1, -0.05) is 11.6 Å². The normalized spacial score (nSPS) is 13.7. The Morgan fingerprint density at radius 2 is 1.81 bits per heavy atom. The Morgan fingerprint density at radius 3 is 2.49 bits per heavy atom. The van der Waals surface area contributed by atoms with Crippen LogP contribution in [0.4, 0.5) is 20.6 Å². The van der Waals surface area contributed by atoms with Crippen molar-refractivity contribution in [3.8, 4) is 11.6 Å². The van der Waals surface area contributed by atoms with Gasteiger partial charge in [0.1, 0.15) is 10.0 Å². The van der Waals surface area contributed by atoms with Crippen LogP contribution in [0, 0.1) is 5.82 Å². The van der Waals surface area contributed by atoms with E-state index in [-0.39, 0.29) is 19.9 Å². The van der Waals surface area contributed by atoms with Crippen LogP contribution in [-0.2, 0) is 10.0 Å². The number of amides is 2. The number of hydrogen-bond acceptors (Lipinski definition) is 7. The monoisotopic (exact) mass is 562 g/mol. The molecule has 1 saturated heterocycles. The molecule has 0 spiro atoms. The van der Waals surface area contributed by atoms with Gasteiger partial charge < -0.3 is 15.3 Å². The highest BCUT2D eigenvalue weighted by atomic mass is 35.5. The van der Waals surface area contributed by atoms with E-state index in [1.54, 1.807) is 6.07 Å². The lowest BCUT2D eigenvalue weighted by Crippen LogP contribution is -2.34. The summed E-state index contributed by atoms with van der Waals surface area (Å²) in [6, 6.07) is 11.6. The molecule has 1 aliphatic heterocycles. The van der Waals surface area contributed by atoms with Gasteiger partial charge in [-0.15, -0.1) is 11.3 Å². The van der Waals surface area contributed by atoms with Gasteiger partial charge in [0.15, 0.2) is 0 Å². The summed E-state index contributed by atoms with van der Waals surface area (Å²) in [5, 5.41) is 14.0. The van der Waals surface area contributed by atoms with E-state index in [4.69, 9.17) is 11.6 Å². The first-order chi connectivity index (χ1) is 17.6. The quantitative estimate of drug-likeness (QED) is 0.325. The molecular weight excluding hydrogens is 543 g/mol. The van der Waals surface area contributed by atoms with E-state index in [0.29, 0.717) is 10.8 Å². The fraction of sp³-hybridized carbons (Fsp3) is 0.167. The highest BCUT2D eigenvalue weighted by Crippen LogP contribution is 2.31. The van der Waals surface area contributed by atoms with Gasteiger partial charge in [-0.05, 0) is 66.8 Å². The third-order valence-corrected chi connectivity index (χ3v) is 9.00. The van der Waals surface area contributed by atoms with Gasteiger partial charge in [-0.25, -0.2) is 26.9 Å². The van der Waals surface area contributed by atoms with Gasteiger partial charge >= 0.3 is 6.03 Å². The Balaban J connectivity index is 1.40. The van der Waals surface area contributed by atoms with Gasteiger partial charge in [0.2, 0.25) is 5.88 Å². The molecular formula is C24H20ClFN4O5S2. The number of nitrogens with zero attached hydrogens (tertiary/aromatic N) is 2. The second-order valence-electron chi connectivity index (χ2n) is 8.39. The number of hydrogen-bond donors (Lipinski definition) is 3. The third-order valence-electron chi connectivity index (χ3n) is 5.95. The second kappa shape index (κ2) is 9.69. The van der Waals surface area contributed by atoms with Crippen LogP contribution >= 0.6 is 22.9 Å². The van der Waals surface area contributed by atoms with Crippen molar-refractivity contribution in [2.45, 2.75) is 17.1 Å². The van der Waals surface area contributed by atoms with E-state index in [0.717, 1.165) is 53.6 Å². The van der Waals surface area contributed by atoms with Crippen LogP contribution in [0.5, 0.6) is 5.88 Å². The van der Waals surface area contributed by atoms with Crippen molar-refractivity contribution >= 4 is 61.1 Å². The fourth-order valence-electron chi connectivity index (χ4n) is 4.24. The van der Waals surface area contributed by atoms with Crippen LogP contribution in [0.1, 0.15) is 12.8 Å². The first-order valence-corrected chi connectivity index (χ1v) is 13.8. The van der Waals surface area contributed by atoms with Crippen molar-refractivity contribution in [1.29, 1.82) is 0 Å². The van der Waals surface area contributed by atoms with Crippen molar-refractivity contribution in [2.24, 2.45) is 0 Å². The summed E-state index contributed by atoms with van der Waals surface area (Å²) in [5.41, 5.74) is 0.00817. The Labute approximate surface area is 219 Å². The number of aromatic nitrogens is 1. The minimum Gasteiger partial charge on any atom is -0.494 e. The molecule has 5 rings (SSSR count). The lowest BCUT2D eigenvalue weighted by molar-refractivity contribution is 0.256. The molecule has 1 fully saturated rings. The largest absolute Gasteiger partial charge is 0.494 e. The van der Waals surface area contributed by atoms with E-state index in [9.17, 15) is 23.1 Å². The van der Waals surface area contributed by atoms with E-state index >= 15 is 4.39 Å². The van der Waals surface area contributed by atoms with Gasteiger partial charge in [0.25, 0.3) is 15.6 Å². The fourth-order valence-corrected chi connectivity index (χ4v) is 6.63. The molecule has 192 valence electrons. The number of fused-ring (bicyclic) bond motifs is 1. The summed E-state index contributed by atoms with van der Waals surface area (Å²) < 4.78 is 42.3. The molecule has 0 saturated carbocycles. The number of halogens is 2. The smallest absolute Gasteiger partial charge is 0.333 e. The van der Waals surface area contributed by atoms with Crippen molar-refractivity contribution in [1.82, 2.24) is 9.29 Å². The molecule has 3 heterocycles. The number of carbonyl (C=O) groups excluding carboxylic acids is 1. The molecule has 0 aliphatic carbocycles. The summed E-state index contributed by atoms with van der Waals surface area (Å²) >= 11 is 6.52. The van der Waals surface area contributed by atoms with E-state index in [1.807, 2.05) is 16.9 Å². The molecule has 0 atom stereocenters. The third kappa shape index (κ3) is 4.99. The van der Waals surface area contributed by atoms with E-state index in [2.05, 4.69) is 10.2 Å². The number of sulfonamides is 1. The number of urea groups is 1. The van der Waals surface area contributed by atoms with Crippen LogP contribution in [0.25, 0.3) is 16.5 Å². The zero-order valence-corrected chi connectivity index (χ0v) is 21.5. The number of rotatable bonds is 5. The number of pyridine rings is 1. The van der Waals surface area contributed by atoms with Crippen LogP contribution < -0.4 is 20.5 Å². The first-order valence-electron chi connectivity index (χ1n) is 11.2. The van der Waals surface area contributed by atoms with Gasteiger partial charge in [-0.2, -0.15) is 0 Å². The van der Waals surface area contributed by atoms with E-state index < -0.39 is 33.3 Å². The number of carbonyl (C=O) groups is 1. The lowest BCUT2D eigenvalue weighted by Gasteiger charge is -2.19. The SMILES string of the molecule is O=C(Nc1ccc(-n2c(O)c3ccc(N4CCCC4)cc3cc2=O)c(F)c1)NS(=O)(=O)c1ccc(Cl)s1. The molecule has 4 aromatic rings. The molecule has 2 aromatic carbocycles. The maximum absolute atomic E-state index is 15.0. The van der Waals surface area contributed by atoms with Crippen LogP contribution in [-0.4, -0.2) is 37.2 Å². The summed E-state index contributed by atoms with van der Waals surface area (Å²) in [7, 11) is -4.16. The molecule has 13 heteroatoms. The molecule has 2 aromatic heterocycles. The zero-order chi connectivity index (χ0) is 26.3. The highest BCUT2D eigenvalue weighted by molar-refractivity contribution is 7.92. The molecule has 0 bridgehead atoms. The maximum atomic E-state index is 15.0. The van der Waals surface area contributed by atoms with Gasteiger partial charge in [0, 0.05) is 35.9 Å². The Kier molecular flexibility index (Phi) is 6.56. The summed E-state index contributed by atoms with van der Waals surface area (Å²) in [5.74, 6) is -1.34. The molecule has 0 unspecified atom stereocenters. The number of benzene rings is 2. The molecule has 1 aliphatic rings.